The molecule has 0 N–H and O–H groups in total. The fourth-order valence-corrected chi connectivity index (χ4v) is 2.72. The van der Waals surface area contributed by atoms with Crippen molar-refractivity contribution in [2.24, 2.45) is 5.92 Å². The molecule has 0 aliphatic carbocycles. The Morgan fingerprint density at radius 1 is 1.04 bits per heavy atom. The second-order valence-corrected chi connectivity index (χ2v) is 6.32. The van der Waals surface area contributed by atoms with E-state index in [4.69, 9.17) is 0 Å². The van der Waals surface area contributed by atoms with Crippen molar-refractivity contribution in [2.75, 3.05) is 6.54 Å². The van der Waals surface area contributed by atoms with Crippen molar-refractivity contribution >= 4 is 16.8 Å². The molecule has 1 aromatic carbocycles. The van der Waals surface area contributed by atoms with Crippen LogP contribution in [0.5, 0.6) is 0 Å². The molecule has 0 aliphatic rings. The van der Waals surface area contributed by atoms with Crippen molar-refractivity contribution in [1.82, 2.24) is 14.9 Å². The lowest BCUT2D eigenvalue weighted by atomic mass is 10.1. The smallest absolute Gasteiger partial charge is 0.272 e. The summed E-state index contributed by atoms with van der Waals surface area (Å²) >= 11 is 0. The molecule has 0 bridgehead atoms. The third-order valence-electron chi connectivity index (χ3n) is 3.81. The molecular formula is C20H21N3O. The Labute approximate surface area is 142 Å². The number of para-hydroxylation sites is 1. The molecule has 3 aromatic rings. The molecule has 0 radical (unpaired) electrons. The molecule has 3 rings (SSSR count). The van der Waals surface area contributed by atoms with E-state index in [1.807, 2.05) is 53.4 Å². The zero-order valence-electron chi connectivity index (χ0n) is 14.0. The average molecular weight is 319 g/mol. The SMILES string of the molecule is CC(C)CN(Cc1ccncc1)C(=O)c1ccc2ccccc2n1. The second-order valence-electron chi connectivity index (χ2n) is 6.32. The number of carbonyl (C=O) groups is 1. The van der Waals surface area contributed by atoms with Crippen LogP contribution in [0.1, 0.15) is 29.9 Å². The van der Waals surface area contributed by atoms with Crippen LogP contribution in [-0.4, -0.2) is 27.3 Å². The Balaban J connectivity index is 1.88. The highest BCUT2D eigenvalue weighted by molar-refractivity contribution is 5.94. The summed E-state index contributed by atoms with van der Waals surface area (Å²) in [6, 6.07) is 15.5. The van der Waals surface area contributed by atoms with Gasteiger partial charge in [-0.25, -0.2) is 4.98 Å². The predicted molar refractivity (Wildman–Crippen MR) is 95.6 cm³/mol. The van der Waals surface area contributed by atoms with Crippen molar-refractivity contribution < 1.29 is 4.79 Å². The molecule has 2 heterocycles. The highest BCUT2D eigenvalue weighted by atomic mass is 16.2. The quantitative estimate of drug-likeness (QED) is 0.716. The van der Waals surface area contributed by atoms with E-state index < -0.39 is 0 Å². The zero-order chi connectivity index (χ0) is 16.9. The van der Waals surface area contributed by atoms with E-state index in [-0.39, 0.29) is 5.91 Å². The number of hydrogen-bond acceptors (Lipinski definition) is 3. The van der Waals surface area contributed by atoms with Gasteiger partial charge in [-0.3, -0.25) is 9.78 Å². The number of nitrogens with zero attached hydrogens (tertiary/aromatic N) is 3. The lowest BCUT2D eigenvalue weighted by molar-refractivity contribution is 0.0717. The third kappa shape index (κ3) is 3.77. The highest BCUT2D eigenvalue weighted by Gasteiger charge is 2.19. The van der Waals surface area contributed by atoms with Gasteiger partial charge in [-0.2, -0.15) is 0 Å². The monoisotopic (exact) mass is 319 g/mol. The minimum absolute atomic E-state index is 0.0359. The number of aromatic nitrogens is 2. The molecule has 0 fully saturated rings. The third-order valence-corrected chi connectivity index (χ3v) is 3.81. The molecule has 0 unspecified atom stereocenters. The van der Waals surface area contributed by atoms with Crippen molar-refractivity contribution in [2.45, 2.75) is 20.4 Å². The number of benzene rings is 1. The van der Waals surface area contributed by atoms with Crippen LogP contribution in [0.3, 0.4) is 0 Å². The van der Waals surface area contributed by atoms with E-state index in [1.165, 1.54) is 0 Å². The number of carbonyl (C=O) groups excluding carboxylic acids is 1. The van der Waals surface area contributed by atoms with Gasteiger partial charge in [0.25, 0.3) is 5.91 Å². The molecule has 0 atom stereocenters. The Morgan fingerprint density at radius 2 is 1.79 bits per heavy atom. The topological polar surface area (TPSA) is 46.1 Å². The lowest BCUT2D eigenvalue weighted by Gasteiger charge is -2.24. The summed E-state index contributed by atoms with van der Waals surface area (Å²) in [4.78, 5) is 23.4. The number of amides is 1. The van der Waals surface area contributed by atoms with Crippen LogP contribution in [0.15, 0.2) is 60.9 Å². The molecule has 4 heteroatoms. The summed E-state index contributed by atoms with van der Waals surface area (Å²) in [6.07, 6.45) is 3.50. The lowest BCUT2D eigenvalue weighted by Crippen LogP contribution is -2.34. The van der Waals surface area contributed by atoms with E-state index in [9.17, 15) is 4.79 Å². The van der Waals surface area contributed by atoms with E-state index in [1.54, 1.807) is 12.4 Å². The fraction of sp³-hybridized carbons (Fsp3) is 0.250. The van der Waals surface area contributed by atoms with Crippen molar-refractivity contribution in [3.05, 3.63) is 72.2 Å². The minimum atomic E-state index is -0.0359. The maximum absolute atomic E-state index is 13.0. The van der Waals surface area contributed by atoms with E-state index in [2.05, 4.69) is 23.8 Å². The Bertz CT molecular complexity index is 830. The Hall–Kier alpha value is -2.75. The highest BCUT2D eigenvalue weighted by Crippen LogP contribution is 2.15. The van der Waals surface area contributed by atoms with Gasteiger partial charge in [-0.05, 0) is 35.7 Å². The predicted octanol–water partition coefficient (Wildman–Crippen LogP) is 3.93. The largest absolute Gasteiger partial charge is 0.333 e. The second kappa shape index (κ2) is 7.21. The van der Waals surface area contributed by atoms with Crippen LogP contribution in [0.25, 0.3) is 10.9 Å². The molecule has 0 spiro atoms. The molecular weight excluding hydrogens is 298 g/mol. The first-order valence-electron chi connectivity index (χ1n) is 8.17. The maximum Gasteiger partial charge on any atom is 0.272 e. The van der Waals surface area contributed by atoms with Crippen molar-refractivity contribution in [1.29, 1.82) is 0 Å². The van der Waals surface area contributed by atoms with Crippen LogP contribution < -0.4 is 0 Å². The summed E-state index contributed by atoms with van der Waals surface area (Å²) < 4.78 is 0. The first-order chi connectivity index (χ1) is 11.6. The molecule has 0 aliphatic heterocycles. The normalized spacial score (nSPS) is 11.0. The van der Waals surface area contributed by atoms with Gasteiger partial charge in [0.15, 0.2) is 0 Å². The Kier molecular flexibility index (Phi) is 4.85. The van der Waals surface area contributed by atoms with Gasteiger partial charge in [0.05, 0.1) is 5.52 Å². The number of hydrogen-bond donors (Lipinski definition) is 0. The minimum Gasteiger partial charge on any atom is -0.333 e. The van der Waals surface area contributed by atoms with E-state index in [0.717, 1.165) is 16.5 Å². The van der Waals surface area contributed by atoms with Gasteiger partial charge < -0.3 is 4.90 Å². The number of rotatable bonds is 5. The van der Waals surface area contributed by atoms with Crippen LogP contribution in [0, 0.1) is 5.92 Å². The van der Waals surface area contributed by atoms with Gasteiger partial charge in [0.1, 0.15) is 5.69 Å². The summed E-state index contributed by atoms with van der Waals surface area (Å²) in [7, 11) is 0. The molecule has 0 saturated heterocycles. The molecule has 2 aromatic heterocycles. The first kappa shape index (κ1) is 16.1. The zero-order valence-corrected chi connectivity index (χ0v) is 14.0. The standard InChI is InChI=1S/C20H21N3O/c1-15(2)13-23(14-16-9-11-21-12-10-16)20(24)19-8-7-17-5-3-4-6-18(17)22-19/h3-12,15H,13-14H2,1-2H3. The molecule has 1 amide bonds. The summed E-state index contributed by atoms with van der Waals surface area (Å²) in [5.74, 6) is 0.350. The molecule has 24 heavy (non-hydrogen) atoms. The number of fused-ring (bicyclic) bond motifs is 1. The summed E-state index contributed by atoms with van der Waals surface area (Å²) in [6.45, 7) is 5.48. The van der Waals surface area contributed by atoms with Crippen LogP contribution in [0.2, 0.25) is 0 Å². The molecule has 0 saturated carbocycles. The molecule has 4 nitrogen and oxygen atoms in total. The first-order valence-corrected chi connectivity index (χ1v) is 8.17. The van der Waals surface area contributed by atoms with Crippen molar-refractivity contribution in [3.8, 4) is 0 Å². The van der Waals surface area contributed by atoms with E-state index in [0.29, 0.717) is 24.7 Å². The maximum atomic E-state index is 13.0. The van der Waals surface area contributed by atoms with Gasteiger partial charge >= 0.3 is 0 Å². The van der Waals surface area contributed by atoms with Gasteiger partial charge in [-0.1, -0.05) is 38.1 Å². The van der Waals surface area contributed by atoms with Gasteiger partial charge in [0.2, 0.25) is 0 Å². The molecule has 122 valence electrons. The van der Waals surface area contributed by atoms with E-state index >= 15 is 0 Å². The van der Waals surface area contributed by atoms with Crippen LogP contribution in [0.4, 0.5) is 0 Å². The summed E-state index contributed by atoms with van der Waals surface area (Å²) in [5.41, 5.74) is 2.40. The van der Waals surface area contributed by atoms with Gasteiger partial charge in [0, 0.05) is 30.9 Å². The Morgan fingerprint density at radius 3 is 2.54 bits per heavy atom. The average Bonchev–Trinajstić information content (AvgIpc) is 2.60. The fourth-order valence-electron chi connectivity index (χ4n) is 2.72. The van der Waals surface area contributed by atoms with Crippen LogP contribution >= 0.6 is 0 Å². The number of pyridine rings is 2. The summed E-state index contributed by atoms with van der Waals surface area (Å²) in [5, 5.41) is 1.04. The van der Waals surface area contributed by atoms with Crippen LogP contribution in [-0.2, 0) is 6.54 Å². The van der Waals surface area contributed by atoms with Gasteiger partial charge in [-0.15, -0.1) is 0 Å². The van der Waals surface area contributed by atoms with Crippen molar-refractivity contribution in [3.63, 3.8) is 0 Å².